The average Bonchev–Trinajstić information content (AvgIpc) is 2.28. The lowest BCUT2D eigenvalue weighted by molar-refractivity contribution is 0.811. The second-order valence-corrected chi connectivity index (χ2v) is 4.39. The van der Waals surface area contributed by atoms with E-state index < -0.39 is 0 Å². The van der Waals surface area contributed by atoms with Crippen molar-refractivity contribution in [2.24, 2.45) is 0 Å². The van der Waals surface area contributed by atoms with E-state index in [1.165, 1.54) is 6.07 Å². The van der Waals surface area contributed by atoms with E-state index in [9.17, 15) is 4.79 Å². The van der Waals surface area contributed by atoms with Gasteiger partial charge in [0.1, 0.15) is 5.69 Å². The molecule has 0 amide bonds. The fourth-order valence-corrected chi connectivity index (χ4v) is 1.56. The summed E-state index contributed by atoms with van der Waals surface area (Å²) < 4.78 is 0. The van der Waals surface area contributed by atoms with Crippen LogP contribution < -0.4 is 5.56 Å². The number of nitrogens with one attached hydrogen (secondary N) is 1. The van der Waals surface area contributed by atoms with Gasteiger partial charge in [0, 0.05) is 12.3 Å². The normalized spacial score (nSPS) is 10.8. The van der Waals surface area contributed by atoms with Gasteiger partial charge in [-0.1, -0.05) is 13.8 Å². The first-order chi connectivity index (χ1) is 8.06. The number of aryl methyl sites for hydroxylation is 1. The number of pyridine rings is 1. The lowest BCUT2D eigenvalue weighted by Gasteiger charge is -2.06. The van der Waals surface area contributed by atoms with E-state index in [1.54, 1.807) is 6.20 Å². The van der Waals surface area contributed by atoms with Gasteiger partial charge in [-0.3, -0.25) is 9.78 Å². The monoisotopic (exact) mass is 229 g/mol. The molecule has 0 bridgehead atoms. The number of rotatable bonds is 2. The Kier molecular flexibility index (Phi) is 3.04. The Morgan fingerprint density at radius 2 is 2.06 bits per heavy atom. The Balaban J connectivity index is 2.56. The summed E-state index contributed by atoms with van der Waals surface area (Å²) in [4.78, 5) is 22.9. The Morgan fingerprint density at radius 1 is 1.29 bits per heavy atom. The molecule has 0 radical (unpaired) electrons. The molecule has 1 N–H and O–H groups in total. The van der Waals surface area contributed by atoms with E-state index in [0.717, 1.165) is 11.3 Å². The number of aromatic amines is 1. The summed E-state index contributed by atoms with van der Waals surface area (Å²) in [5.74, 6) is 0.755. The number of hydrogen-bond donors (Lipinski definition) is 1. The van der Waals surface area contributed by atoms with Crippen molar-refractivity contribution in [3.8, 4) is 11.5 Å². The molecule has 0 fully saturated rings. The summed E-state index contributed by atoms with van der Waals surface area (Å²) in [6.45, 7) is 6.00. The maximum atomic E-state index is 11.6. The Morgan fingerprint density at radius 3 is 2.71 bits per heavy atom. The fraction of sp³-hybridized carbons (Fsp3) is 0.308. The highest BCUT2D eigenvalue weighted by Crippen LogP contribution is 2.15. The van der Waals surface area contributed by atoms with Crippen molar-refractivity contribution in [2.45, 2.75) is 26.7 Å². The minimum absolute atomic E-state index is 0.137. The van der Waals surface area contributed by atoms with Gasteiger partial charge in [0.25, 0.3) is 5.56 Å². The first-order valence-corrected chi connectivity index (χ1v) is 5.60. The largest absolute Gasteiger partial charge is 0.305 e. The summed E-state index contributed by atoms with van der Waals surface area (Å²) in [6.07, 6.45) is 1.71. The van der Waals surface area contributed by atoms with Crippen LogP contribution in [0.4, 0.5) is 0 Å². The van der Waals surface area contributed by atoms with E-state index in [0.29, 0.717) is 11.5 Å². The summed E-state index contributed by atoms with van der Waals surface area (Å²) in [5.41, 5.74) is 2.44. The van der Waals surface area contributed by atoms with Crippen LogP contribution in [0.15, 0.2) is 29.2 Å². The molecule has 2 rings (SSSR count). The Hall–Kier alpha value is -1.97. The van der Waals surface area contributed by atoms with Crippen molar-refractivity contribution in [3.63, 3.8) is 0 Å². The average molecular weight is 229 g/mol. The van der Waals surface area contributed by atoms with E-state index in [1.807, 2.05) is 32.9 Å². The molecule has 17 heavy (non-hydrogen) atoms. The van der Waals surface area contributed by atoms with Gasteiger partial charge in [-0.25, -0.2) is 4.98 Å². The molecular weight excluding hydrogens is 214 g/mol. The van der Waals surface area contributed by atoms with Crippen molar-refractivity contribution < 1.29 is 0 Å². The van der Waals surface area contributed by atoms with Crippen LogP contribution in [0.2, 0.25) is 0 Å². The van der Waals surface area contributed by atoms with Crippen molar-refractivity contribution >= 4 is 0 Å². The van der Waals surface area contributed by atoms with E-state index in [2.05, 4.69) is 15.0 Å². The molecule has 0 atom stereocenters. The van der Waals surface area contributed by atoms with Crippen LogP contribution in [0.3, 0.4) is 0 Å². The van der Waals surface area contributed by atoms with Crippen molar-refractivity contribution in [3.05, 3.63) is 46.0 Å². The zero-order valence-corrected chi connectivity index (χ0v) is 10.2. The predicted molar refractivity (Wildman–Crippen MR) is 66.9 cm³/mol. The minimum atomic E-state index is -0.137. The van der Waals surface area contributed by atoms with Gasteiger partial charge in [-0.2, -0.15) is 0 Å². The molecule has 0 spiro atoms. The second-order valence-electron chi connectivity index (χ2n) is 4.39. The topological polar surface area (TPSA) is 58.6 Å². The summed E-state index contributed by atoms with van der Waals surface area (Å²) in [5, 5.41) is 0. The summed E-state index contributed by atoms with van der Waals surface area (Å²) in [6, 6.07) is 5.35. The third-order valence-electron chi connectivity index (χ3n) is 2.51. The van der Waals surface area contributed by atoms with Crippen molar-refractivity contribution in [1.82, 2.24) is 15.0 Å². The van der Waals surface area contributed by atoms with Crippen LogP contribution in [0.25, 0.3) is 11.5 Å². The van der Waals surface area contributed by atoms with Gasteiger partial charge in [-0.05, 0) is 30.5 Å². The predicted octanol–water partition coefficient (Wildman–Crippen LogP) is 2.26. The molecule has 0 saturated carbocycles. The molecule has 88 valence electrons. The van der Waals surface area contributed by atoms with Gasteiger partial charge < -0.3 is 4.98 Å². The van der Waals surface area contributed by atoms with Crippen LogP contribution in [0.1, 0.15) is 31.0 Å². The Bertz CT molecular complexity index is 587. The van der Waals surface area contributed by atoms with Crippen LogP contribution in [0, 0.1) is 6.92 Å². The van der Waals surface area contributed by atoms with Gasteiger partial charge in [0.15, 0.2) is 5.82 Å². The van der Waals surface area contributed by atoms with Gasteiger partial charge in [-0.15, -0.1) is 0 Å². The molecule has 4 heteroatoms. The van der Waals surface area contributed by atoms with Crippen LogP contribution >= 0.6 is 0 Å². The van der Waals surface area contributed by atoms with E-state index in [4.69, 9.17) is 0 Å². The van der Waals surface area contributed by atoms with Crippen LogP contribution in [-0.2, 0) is 0 Å². The fourth-order valence-electron chi connectivity index (χ4n) is 1.56. The third kappa shape index (κ3) is 2.58. The first-order valence-electron chi connectivity index (χ1n) is 5.60. The van der Waals surface area contributed by atoms with E-state index >= 15 is 0 Å². The highest BCUT2D eigenvalue weighted by Gasteiger charge is 2.07. The molecule has 0 aromatic carbocycles. The lowest BCUT2D eigenvalue weighted by atomic mass is 10.1. The molecule has 0 aliphatic heterocycles. The SMILES string of the molecule is Cc1ccnc(-c2nc(C(C)C)cc(=O)[nH]2)c1. The van der Waals surface area contributed by atoms with E-state index in [-0.39, 0.29) is 11.5 Å². The second kappa shape index (κ2) is 4.49. The van der Waals surface area contributed by atoms with Crippen LogP contribution in [0.5, 0.6) is 0 Å². The first kappa shape index (κ1) is 11.5. The molecule has 2 heterocycles. The van der Waals surface area contributed by atoms with Gasteiger partial charge in [0.2, 0.25) is 0 Å². The van der Waals surface area contributed by atoms with Crippen molar-refractivity contribution in [1.29, 1.82) is 0 Å². The quantitative estimate of drug-likeness (QED) is 0.859. The number of H-pyrrole nitrogens is 1. The molecule has 4 nitrogen and oxygen atoms in total. The highest BCUT2D eigenvalue weighted by molar-refractivity contribution is 5.49. The smallest absolute Gasteiger partial charge is 0.251 e. The molecule has 0 aliphatic carbocycles. The number of hydrogen-bond acceptors (Lipinski definition) is 3. The van der Waals surface area contributed by atoms with Crippen LogP contribution in [-0.4, -0.2) is 15.0 Å². The molecular formula is C13H15N3O. The number of aromatic nitrogens is 3. The number of nitrogens with zero attached hydrogens (tertiary/aromatic N) is 2. The Labute approximate surface area is 99.8 Å². The standard InChI is InChI=1S/C13H15N3O/c1-8(2)10-7-12(17)16-13(15-10)11-6-9(3)4-5-14-11/h4-8H,1-3H3,(H,15,16,17). The maximum Gasteiger partial charge on any atom is 0.251 e. The molecule has 0 aliphatic rings. The molecule has 2 aromatic rings. The van der Waals surface area contributed by atoms with Crippen molar-refractivity contribution in [2.75, 3.05) is 0 Å². The third-order valence-corrected chi connectivity index (χ3v) is 2.51. The zero-order valence-electron chi connectivity index (χ0n) is 10.2. The molecule has 2 aromatic heterocycles. The zero-order chi connectivity index (χ0) is 12.4. The highest BCUT2D eigenvalue weighted by atomic mass is 16.1. The van der Waals surface area contributed by atoms with Gasteiger partial charge >= 0.3 is 0 Å². The summed E-state index contributed by atoms with van der Waals surface area (Å²) >= 11 is 0. The lowest BCUT2D eigenvalue weighted by Crippen LogP contribution is -2.11. The maximum absolute atomic E-state index is 11.6. The molecule has 0 saturated heterocycles. The van der Waals surface area contributed by atoms with Gasteiger partial charge in [0.05, 0.1) is 5.69 Å². The molecule has 0 unspecified atom stereocenters. The minimum Gasteiger partial charge on any atom is -0.305 e. The summed E-state index contributed by atoms with van der Waals surface area (Å²) in [7, 11) is 0.